The van der Waals surface area contributed by atoms with Gasteiger partial charge in [-0.15, -0.1) is 0 Å². The highest BCUT2D eigenvalue weighted by Crippen LogP contribution is 2.35. The van der Waals surface area contributed by atoms with Gasteiger partial charge in [-0.25, -0.2) is 0 Å². The van der Waals surface area contributed by atoms with Crippen LogP contribution in [-0.4, -0.2) is 41.4 Å². The number of benzene rings is 1. The Kier molecular flexibility index (Phi) is 6.13. The van der Waals surface area contributed by atoms with Gasteiger partial charge in [0.15, 0.2) is 11.5 Å². The number of para-hydroxylation sites is 1. The summed E-state index contributed by atoms with van der Waals surface area (Å²) in [6, 6.07) is 6.68. The van der Waals surface area contributed by atoms with E-state index in [1.54, 1.807) is 23.1 Å². The largest absolute Gasteiger partial charge is 0.504 e. The normalized spacial score (nSPS) is 12.2. The lowest BCUT2D eigenvalue weighted by Crippen LogP contribution is -2.30. The standard InChI is InChI=1S/C14H20N2O3/c1-3-16(8-9-17)12(10-15)11-6-5-7-13(14(11)18)19-4-2/h5-7,12,17-18H,3-4,8-9H2,1-2H3. The summed E-state index contributed by atoms with van der Waals surface area (Å²) in [5.41, 5.74) is 0.503. The number of nitriles is 1. The molecular formula is C14H20N2O3. The van der Waals surface area contributed by atoms with Gasteiger partial charge in [-0.1, -0.05) is 19.1 Å². The maximum atomic E-state index is 10.2. The number of aliphatic hydroxyl groups is 1. The molecular weight excluding hydrogens is 244 g/mol. The maximum absolute atomic E-state index is 10.2. The molecule has 1 atom stereocenters. The Morgan fingerprint density at radius 1 is 1.42 bits per heavy atom. The van der Waals surface area contributed by atoms with Crippen molar-refractivity contribution in [3.8, 4) is 17.6 Å². The Bertz CT molecular complexity index is 443. The predicted molar refractivity (Wildman–Crippen MR) is 72.0 cm³/mol. The van der Waals surface area contributed by atoms with Crippen molar-refractivity contribution >= 4 is 0 Å². The molecule has 5 heteroatoms. The topological polar surface area (TPSA) is 76.7 Å². The second-order valence-electron chi connectivity index (χ2n) is 4.01. The van der Waals surface area contributed by atoms with E-state index >= 15 is 0 Å². The SMILES string of the molecule is CCOc1cccc(C(C#N)N(CC)CCO)c1O. The van der Waals surface area contributed by atoms with Crippen LogP contribution in [0.4, 0.5) is 0 Å². The van der Waals surface area contributed by atoms with E-state index in [1.807, 2.05) is 13.8 Å². The van der Waals surface area contributed by atoms with Crippen LogP contribution in [0.5, 0.6) is 11.5 Å². The van der Waals surface area contributed by atoms with Gasteiger partial charge in [-0.3, -0.25) is 4.90 Å². The van der Waals surface area contributed by atoms with Gasteiger partial charge in [0.2, 0.25) is 0 Å². The molecule has 0 amide bonds. The molecule has 104 valence electrons. The third-order valence-corrected chi connectivity index (χ3v) is 2.91. The van der Waals surface area contributed by atoms with E-state index in [9.17, 15) is 10.4 Å². The number of rotatable bonds is 7. The number of hydrogen-bond donors (Lipinski definition) is 2. The number of aromatic hydroxyl groups is 1. The molecule has 0 radical (unpaired) electrons. The zero-order valence-electron chi connectivity index (χ0n) is 11.3. The smallest absolute Gasteiger partial charge is 0.163 e. The van der Waals surface area contributed by atoms with E-state index in [0.29, 0.717) is 31.0 Å². The molecule has 1 aromatic carbocycles. The fourth-order valence-corrected chi connectivity index (χ4v) is 1.98. The van der Waals surface area contributed by atoms with E-state index in [4.69, 9.17) is 9.84 Å². The highest BCUT2D eigenvalue weighted by Gasteiger charge is 2.23. The van der Waals surface area contributed by atoms with Crippen molar-refractivity contribution in [3.63, 3.8) is 0 Å². The highest BCUT2D eigenvalue weighted by molar-refractivity contribution is 5.48. The van der Waals surface area contributed by atoms with Crippen LogP contribution in [0.3, 0.4) is 0 Å². The number of phenols is 1. The zero-order chi connectivity index (χ0) is 14.3. The van der Waals surface area contributed by atoms with Crippen molar-refractivity contribution in [1.29, 1.82) is 5.26 Å². The van der Waals surface area contributed by atoms with Crippen molar-refractivity contribution in [3.05, 3.63) is 23.8 Å². The molecule has 0 spiro atoms. The minimum Gasteiger partial charge on any atom is -0.504 e. The van der Waals surface area contributed by atoms with E-state index in [1.165, 1.54) is 0 Å². The van der Waals surface area contributed by atoms with Crippen LogP contribution in [0.1, 0.15) is 25.5 Å². The number of nitrogens with zero attached hydrogens (tertiary/aromatic N) is 2. The molecule has 0 heterocycles. The molecule has 5 nitrogen and oxygen atoms in total. The zero-order valence-corrected chi connectivity index (χ0v) is 11.3. The van der Waals surface area contributed by atoms with Crippen molar-refractivity contribution in [2.45, 2.75) is 19.9 Å². The molecule has 1 aromatic rings. The van der Waals surface area contributed by atoms with E-state index in [0.717, 1.165) is 0 Å². The van der Waals surface area contributed by atoms with Crippen LogP contribution < -0.4 is 4.74 Å². The Balaban J connectivity index is 3.11. The number of aliphatic hydroxyl groups excluding tert-OH is 1. The molecule has 1 rings (SSSR count). The third kappa shape index (κ3) is 3.60. The molecule has 0 saturated heterocycles. The van der Waals surface area contributed by atoms with Crippen LogP contribution in [0.2, 0.25) is 0 Å². The van der Waals surface area contributed by atoms with Gasteiger partial charge in [0.05, 0.1) is 19.3 Å². The summed E-state index contributed by atoms with van der Waals surface area (Å²) >= 11 is 0. The minimum absolute atomic E-state index is 0.00714. The van der Waals surface area contributed by atoms with Crippen molar-refractivity contribution in [2.24, 2.45) is 0 Å². The first-order valence-corrected chi connectivity index (χ1v) is 6.38. The molecule has 2 N–H and O–H groups in total. The lowest BCUT2D eigenvalue weighted by molar-refractivity contribution is 0.178. The number of likely N-dealkylation sites (N-methyl/N-ethyl adjacent to an activating group) is 1. The summed E-state index contributed by atoms with van der Waals surface area (Å²) in [5.74, 6) is 0.368. The molecule has 0 fully saturated rings. The third-order valence-electron chi connectivity index (χ3n) is 2.91. The summed E-state index contributed by atoms with van der Waals surface area (Å²) in [4.78, 5) is 1.80. The molecule has 0 aliphatic carbocycles. The average molecular weight is 264 g/mol. The summed E-state index contributed by atoms with van der Waals surface area (Å²) in [5, 5.41) is 28.5. The van der Waals surface area contributed by atoms with Crippen LogP contribution in [-0.2, 0) is 0 Å². The molecule has 0 aromatic heterocycles. The number of ether oxygens (including phenoxy) is 1. The van der Waals surface area contributed by atoms with E-state index in [2.05, 4.69) is 6.07 Å². The fourth-order valence-electron chi connectivity index (χ4n) is 1.98. The highest BCUT2D eigenvalue weighted by atomic mass is 16.5. The Morgan fingerprint density at radius 2 is 2.16 bits per heavy atom. The van der Waals surface area contributed by atoms with Crippen LogP contribution in [0, 0.1) is 11.3 Å². The number of hydrogen-bond acceptors (Lipinski definition) is 5. The van der Waals surface area contributed by atoms with Crippen molar-refractivity contribution in [2.75, 3.05) is 26.3 Å². The molecule has 0 saturated carbocycles. The van der Waals surface area contributed by atoms with Gasteiger partial charge in [0.1, 0.15) is 6.04 Å². The van der Waals surface area contributed by atoms with Gasteiger partial charge in [-0.2, -0.15) is 5.26 Å². The molecule has 1 unspecified atom stereocenters. The summed E-state index contributed by atoms with van der Waals surface area (Å²) in [6.45, 7) is 5.14. The number of phenolic OH excluding ortho intramolecular Hbond substituents is 1. The van der Waals surface area contributed by atoms with E-state index < -0.39 is 6.04 Å². The predicted octanol–water partition coefficient (Wildman–Crippen LogP) is 1.67. The van der Waals surface area contributed by atoms with Gasteiger partial charge < -0.3 is 14.9 Å². The Morgan fingerprint density at radius 3 is 2.68 bits per heavy atom. The first-order chi connectivity index (χ1) is 9.19. The quantitative estimate of drug-likeness (QED) is 0.783. The molecule has 19 heavy (non-hydrogen) atoms. The monoisotopic (exact) mass is 264 g/mol. The second-order valence-corrected chi connectivity index (χ2v) is 4.01. The summed E-state index contributed by atoms with van der Waals surface area (Å²) in [6.07, 6.45) is 0. The van der Waals surface area contributed by atoms with Gasteiger partial charge >= 0.3 is 0 Å². The average Bonchev–Trinajstić information content (AvgIpc) is 2.42. The van der Waals surface area contributed by atoms with Gasteiger partial charge in [0, 0.05) is 12.1 Å². The molecule has 0 aliphatic rings. The first kappa shape index (κ1) is 15.3. The van der Waals surface area contributed by atoms with Gasteiger partial charge in [-0.05, 0) is 19.5 Å². The van der Waals surface area contributed by atoms with Crippen molar-refractivity contribution in [1.82, 2.24) is 4.90 Å². The Labute approximate surface area is 113 Å². The molecule has 0 aliphatic heterocycles. The van der Waals surface area contributed by atoms with Gasteiger partial charge in [0.25, 0.3) is 0 Å². The lowest BCUT2D eigenvalue weighted by atomic mass is 10.0. The maximum Gasteiger partial charge on any atom is 0.163 e. The van der Waals surface area contributed by atoms with Crippen molar-refractivity contribution < 1.29 is 14.9 Å². The second kappa shape index (κ2) is 7.62. The minimum atomic E-state index is -0.599. The van der Waals surface area contributed by atoms with Crippen LogP contribution in [0.25, 0.3) is 0 Å². The summed E-state index contributed by atoms with van der Waals surface area (Å²) in [7, 11) is 0. The lowest BCUT2D eigenvalue weighted by Gasteiger charge is -2.26. The van der Waals surface area contributed by atoms with Crippen LogP contribution >= 0.6 is 0 Å². The van der Waals surface area contributed by atoms with E-state index in [-0.39, 0.29) is 12.4 Å². The molecule has 0 bridgehead atoms. The summed E-state index contributed by atoms with van der Waals surface area (Å²) < 4.78 is 5.32. The fraction of sp³-hybridized carbons (Fsp3) is 0.500. The van der Waals surface area contributed by atoms with Crippen LogP contribution in [0.15, 0.2) is 18.2 Å². The Hall–Kier alpha value is -1.77. The first-order valence-electron chi connectivity index (χ1n) is 6.38.